The molecule has 2 N–H and O–H groups in total. The number of guanidine groups is 1. The standard InChI is InChI=1S/C20H33N3O2S.HI/c1-6-21-19(23-14-20(3,4)26-5)22-12-16-8-7-15(2)11-18(16)25-17-9-10-24-13-17;/h7-8,11,17H,6,9-10,12-14H2,1-5H3,(H2,21,22,23);1H. The number of hydrogen-bond donors (Lipinski definition) is 2. The summed E-state index contributed by atoms with van der Waals surface area (Å²) in [5.74, 6) is 1.76. The smallest absolute Gasteiger partial charge is 0.191 e. The van der Waals surface area contributed by atoms with Gasteiger partial charge in [-0.2, -0.15) is 11.8 Å². The molecule has 7 heteroatoms. The molecular formula is C20H34IN3O2S. The van der Waals surface area contributed by atoms with Gasteiger partial charge in [-0.25, -0.2) is 4.99 Å². The average molecular weight is 507 g/mol. The van der Waals surface area contributed by atoms with Crippen LogP contribution in [0.1, 0.15) is 38.3 Å². The Kier molecular flexibility index (Phi) is 10.8. The summed E-state index contributed by atoms with van der Waals surface area (Å²) in [6.45, 7) is 12.3. The first-order chi connectivity index (χ1) is 12.4. The number of nitrogens with one attached hydrogen (secondary N) is 2. The van der Waals surface area contributed by atoms with Crippen molar-refractivity contribution >= 4 is 41.7 Å². The predicted molar refractivity (Wildman–Crippen MR) is 127 cm³/mol. The van der Waals surface area contributed by atoms with E-state index in [0.29, 0.717) is 13.2 Å². The third kappa shape index (κ3) is 8.48. The molecule has 1 aromatic rings. The Morgan fingerprint density at radius 3 is 2.78 bits per heavy atom. The molecule has 5 nitrogen and oxygen atoms in total. The van der Waals surface area contributed by atoms with Crippen molar-refractivity contribution in [1.29, 1.82) is 0 Å². The van der Waals surface area contributed by atoms with Crippen LogP contribution >= 0.6 is 35.7 Å². The zero-order valence-electron chi connectivity index (χ0n) is 17.1. The van der Waals surface area contributed by atoms with Gasteiger partial charge in [-0.1, -0.05) is 12.1 Å². The van der Waals surface area contributed by atoms with Crippen molar-refractivity contribution in [2.45, 2.75) is 51.5 Å². The molecule has 1 aliphatic rings. The maximum Gasteiger partial charge on any atom is 0.191 e. The van der Waals surface area contributed by atoms with E-state index in [0.717, 1.165) is 43.4 Å². The SMILES string of the molecule is CCNC(=NCc1ccc(C)cc1OC1CCOC1)NCC(C)(C)SC.I. The molecule has 0 spiro atoms. The zero-order valence-corrected chi connectivity index (χ0v) is 20.3. The summed E-state index contributed by atoms with van der Waals surface area (Å²) in [6, 6.07) is 6.32. The second kappa shape index (κ2) is 12.0. The summed E-state index contributed by atoms with van der Waals surface area (Å²) in [6.07, 6.45) is 3.23. The average Bonchev–Trinajstić information content (AvgIpc) is 3.12. The molecule has 1 saturated heterocycles. The molecule has 1 heterocycles. The lowest BCUT2D eigenvalue weighted by atomic mass is 10.1. The van der Waals surface area contributed by atoms with Gasteiger partial charge in [0.2, 0.25) is 0 Å². The van der Waals surface area contributed by atoms with E-state index in [9.17, 15) is 0 Å². The van der Waals surface area contributed by atoms with Gasteiger partial charge in [-0.15, -0.1) is 24.0 Å². The van der Waals surface area contributed by atoms with Crippen LogP contribution in [0.25, 0.3) is 0 Å². The highest BCUT2D eigenvalue weighted by Crippen LogP contribution is 2.24. The van der Waals surface area contributed by atoms with Crippen LogP contribution in [-0.4, -0.2) is 49.4 Å². The van der Waals surface area contributed by atoms with Crippen LogP contribution < -0.4 is 15.4 Å². The van der Waals surface area contributed by atoms with Crippen LogP contribution in [-0.2, 0) is 11.3 Å². The molecule has 1 fully saturated rings. The normalized spacial score (nSPS) is 17.4. The van der Waals surface area contributed by atoms with Crippen molar-refractivity contribution < 1.29 is 9.47 Å². The molecule has 154 valence electrons. The van der Waals surface area contributed by atoms with E-state index in [2.05, 4.69) is 62.8 Å². The summed E-state index contributed by atoms with van der Waals surface area (Å²) in [5.41, 5.74) is 2.29. The number of thioether (sulfide) groups is 1. The first kappa shape index (κ1) is 24.4. The second-order valence-corrected chi connectivity index (χ2v) is 8.74. The lowest BCUT2D eigenvalue weighted by molar-refractivity contribution is 0.140. The number of hydrogen-bond acceptors (Lipinski definition) is 4. The summed E-state index contributed by atoms with van der Waals surface area (Å²) >= 11 is 1.85. The Labute approximate surface area is 185 Å². The minimum Gasteiger partial charge on any atom is -0.488 e. The fourth-order valence-corrected chi connectivity index (χ4v) is 2.78. The minimum atomic E-state index is 0. The van der Waals surface area contributed by atoms with E-state index in [1.165, 1.54) is 5.56 Å². The number of aliphatic imine (C=N–C) groups is 1. The Balaban J connectivity index is 0.00000364. The first-order valence-corrected chi connectivity index (χ1v) is 10.6. The van der Waals surface area contributed by atoms with Crippen LogP contribution in [0.15, 0.2) is 23.2 Å². The maximum atomic E-state index is 6.17. The Morgan fingerprint density at radius 1 is 1.37 bits per heavy atom. The van der Waals surface area contributed by atoms with E-state index in [4.69, 9.17) is 14.5 Å². The Hall–Kier alpha value is -0.670. The van der Waals surface area contributed by atoms with Gasteiger partial charge in [-0.05, 0) is 45.6 Å². The third-order valence-corrected chi connectivity index (χ3v) is 5.64. The minimum absolute atomic E-state index is 0. The van der Waals surface area contributed by atoms with Crippen LogP contribution in [0.3, 0.4) is 0 Å². The molecule has 0 saturated carbocycles. The van der Waals surface area contributed by atoms with Gasteiger partial charge >= 0.3 is 0 Å². The molecule has 0 aromatic heterocycles. The highest BCUT2D eigenvalue weighted by Gasteiger charge is 2.19. The molecule has 1 aromatic carbocycles. The highest BCUT2D eigenvalue weighted by molar-refractivity contribution is 14.0. The number of aryl methyl sites for hydroxylation is 1. The number of nitrogens with zero attached hydrogens (tertiary/aromatic N) is 1. The zero-order chi connectivity index (χ0) is 19.0. The van der Waals surface area contributed by atoms with Gasteiger partial charge < -0.3 is 20.1 Å². The van der Waals surface area contributed by atoms with Gasteiger partial charge in [0.1, 0.15) is 11.9 Å². The van der Waals surface area contributed by atoms with Crippen LogP contribution in [0.5, 0.6) is 5.75 Å². The molecule has 2 rings (SSSR count). The summed E-state index contributed by atoms with van der Waals surface area (Å²) < 4.78 is 11.8. The van der Waals surface area contributed by atoms with E-state index < -0.39 is 0 Å². The van der Waals surface area contributed by atoms with E-state index in [-0.39, 0.29) is 34.8 Å². The molecule has 1 unspecified atom stereocenters. The third-order valence-electron chi connectivity index (χ3n) is 4.39. The maximum absolute atomic E-state index is 6.17. The number of benzene rings is 1. The quantitative estimate of drug-likeness (QED) is 0.317. The molecule has 0 amide bonds. The Morgan fingerprint density at radius 2 is 2.15 bits per heavy atom. The fraction of sp³-hybridized carbons (Fsp3) is 0.650. The predicted octanol–water partition coefficient (Wildman–Crippen LogP) is 3.98. The van der Waals surface area contributed by atoms with E-state index in [1.807, 2.05) is 11.8 Å². The lowest BCUT2D eigenvalue weighted by Gasteiger charge is -2.24. The lowest BCUT2D eigenvalue weighted by Crippen LogP contribution is -2.43. The first-order valence-electron chi connectivity index (χ1n) is 9.35. The summed E-state index contributed by atoms with van der Waals surface area (Å²) in [5, 5.41) is 6.77. The van der Waals surface area contributed by atoms with Crippen molar-refractivity contribution in [2.75, 3.05) is 32.6 Å². The number of rotatable bonds is 8. The fourth-order valence-electron chi connectivity index (χ4n) is 2.56. The van der Waals surface area contributed by atoms with Crippen LogP contribution in [0, 0.1) is 6.92 Å². The Bertz CT molecular complexity index is 605. The van der Waals surface area contributed by atoms with Crippen LogP contribution in [0.2, 0.25) is 0 Å². The van der Waals surface area contributed by atoms with Gasteiger partial charge in [0.15, 0.2) is 5.96 Å². The van der Waals surface area contributed by atoms with Crippen molar-refractivity contribution in [2.24, 2.45) is 4.99 Å². The van der Waals surface area contributed by atoms with E-state index in [1.54, 1.807) is 0 Å². The van der Waals surface area contributed by atoms with Gasteiger partial charge in [0.25, 0.3) is 0 Å². The summed E-state index contributed by atoms with van der Waals surface area (Å²) in [7, 11) is 0. The van der Waals surface area contributed by atoms with Crippen molar-refractivity contribution in [1.82, 2.24) is 10.6 Å². The van der Waals surface area contributed by atoms with Crippen molar-refractivity contribution in [3.05, 3.63) is 29.3 Å². The van der Waals surface area contributed by atoms with Crippen molar-refractivity contribution in [3.63, 3.8) is 0 Å². The number of halogens is 1. The molecule has 27 heavy (non-hydrogen) atoms. The van der Waals surface area contributed by atoms with E-state index >= 15 is 0 Å². The van der Waals surface area contributed by atoms with Crippen molar-refractivity contribution in [3.8, 4) is 5.75 Å². The molecule has 1 aliphatic heterocycles. The largest absolute Gasteiger partial charge is 0.488 e. The van der Waals surface area contributed by atoms with Gasteiger partial charge in [-0.3, -0.25) is 0 Å². The summed E-state index contributed by atoms with van der Waals surface area (Å²) in [4.78, 5) is 4.76. The topological polar surface area (TPSA) is 54.9 Å². The molecular weight excluding hydrogens is 473 g/mol. The molecule has 0 radical (unpaired) electrons. The number of ether oxygens (including phenoxy) is 2. The van der Waals surface area contributed by atoms with Gasteiger partial charge in [0.05, 0.1) is 19.8 Å². The molecule has 1 atom stereocenters. The second-order valence-electron chi connectivity index (χ2n) is 7.23. The monoisotopic (exact) mass is 507 g/mol. The van der Waals surface area contributed by atoms with Gasteiger partial charge in [0, 0.05) is 29.8 Å². The highest BCUT2D eigenvalue weighted by atomic mass is 127. The van der Waals surface area contributed by atoms with Crippen LogP contribution in [0.4, 0.5) is 0 Å². The molecule has 0 bridgehead atoms. The molecule has 0 aliphatic carbocycles.